The summed E-state index contributed by atoms with van der Waals surface area (Å²) >= 11 is 0. The lowest BCUT2D eigenvalue weighted by atomic mass is 10.2. The van der Waals surface area contributed by atoms with Crippen molar-refractivity contribution in [2.24, 2.45) is 0 Å². The van der Waals surface area contributed by atoms with Crippen molar-refractivity contribution in [2.75, 3.05) is 13.2 Å². The number of ether oxygens (including phenoxy) is 1. The topological polar surface area (TPSA) is 18.5 Å². The first-order chi connectivity index (χ1) is 7.58. The van der Waals surface area contributed by atoms with Crippen LogP contribution in [0.4, 0.5) is 0 Å². The summed E-state index contributed by atoms with van der Waals surface area (Å²) in [6.07, 6.45) is 3.68. The molecule has 0 radical (unpaired) electrons. The van der Waals surface area contributed by atoms with Gasteiger partial charge in [-0.2, -0.15) is 0 Å². The normalized spacial score (nSPS) is 11.9. The van der Waals surface area contributed by atoms with Crippen molar-refractivity contribution in [1.82, 2.24) is 0 Å². The first-order valence-electron chi connectivity index (χ1n) is 5.55. The molecule has 0 bridgehead atoms. The van der Waals surface area contributed by atoms with Crippen LogP contribution >= 0.6 is 0 Å². The van der Waals surface area contributed by atoms with Gasteiger partial charge in [0.25, 0.3) is 0 Å². The summed E-state index contributed by atoms with van der Waals surface area (Å²) in [5.41, 5.74) is 1.15. The Labute approximate surface area is 99.0 Å². The van der Waals surface area contributed by atoms with Gasteiger partial charge in [-0.1, -0.05) is 30.3 Å². The van der Waals surface area contributed by atoms with Crippen LogP contribution in [0.2, 0.25) is 19.6 Å². The summed E-state index contributed by atoms with van der Waals surface area (Å²) in [6, 6.07) is 10.1. The molecule has 1 aromatic carbocycles. The van der Waals surface area contributed by atoms with Crippen molar-refractivity contribution in [3.63, 3.8) is 0 Å². The smallest absolute Gasteiger partial charge is 0.183 e. The predicted molar refractivity (Wildman–Crippen MR) is 70.7 cm³/mol. The molecule has 0 amide bonds. The molecule has 2 nitrogen and oxygen atoms in total. The van der Waals surface area contributed by atoms with E-state index in [1.807, 2.05) is 36.4 Å². The van der Waals surface area contributed by atoms with E-state index in [1.165, 1.54) is 0 Å². The van der Waals surface area contributed by atoms with Crippen LogP contribution in [0, 0.1) is 0 Å². The van der Waals surface area contributed by atoms with Gasteiger partial charge < -0.3 is 9.16 Å². The maximum absolute atomic E-state index is 5.66. The van der Waals surface area contributed by atoms with E-state index in [1.54, 1.807) is 6.26 Å². The van der Waals surface area contributed by atoms with Gasteiger partial charge in [-0.3, -0.25) is 0 Å². The second-order valence-electron chi connectivity index (χ2n) is 4.55. The Morgan fingerprint density at radius 3 is 2.38 bits per heavy atom. The van der Waals surface area contributed by atoms with E-state index in [4.69, 9.17) is 9.16 Å². The molecule has 88 valence electrons. The van der Waals surface area contributed by atoms with E-state index >= 15 is 0 Å². The average Bonchev–Trinajstić information content (AvgIpc) is 2.23. The first-order valence-corrected chi connectivity index (χ1v) is 8.96. The minimum Gasteiger partial charge on any atom is -0.499 e. The lowest BCUT2D eigenvalue weighted by Gasteiger charge is -2.16. The molecule has 0 atom stereocenters. The number of hydrogen-bond acceptors (Lipinski definition) is 2. The third kappa shape index (κ3) is 6.43. The lowest BCUT2D eigenvalue weighted by Crippen LogP contribution is -2.27. The van der Waals surface area contributed by atoms with Crippen molar-refractivity contribution in [1.29, 1.82) is 0 Å². The zero-order chi connectivity index (χ0) is 11.9. The summed E-state index contributed by atoms with van der Waals surface area (Å²) in [5.74, 6) is 0. The summed E-state index contributed by atoms with van der Waals surface area (Å²) < 4.78 is 11.0. The highest BCUT2D eigenvalue weighted by Gasteiger charge is 2.12. The minimum absolute atomic E-state index is 0.619. The molecule has 16 heavy (non-hydrogen) atoms. The summed E-state index contributed by atoms with van der Waals surface area (Å²) in [6.45, 7) is 7.81. The molecule has 0 fully saturated rings. The Morgan fingerprint density at radius 1 is 1.06 bits per heavy atom. The molecule has 3 heteroatoms. The second-order valence-corrected chi connectivity index (χ2v) is 9.06. The highest BCUT2D eigenvalue weighted by atomic mass is 28.4. The van der Waals surface area contributed by atoms with Gasteiger partial charge in [0.05, 0.1) is 12.9 Å². The summed E-state index contributed by atoms with van der Waals surface area (Å²) in [7, 11) is -1.39. The van der Waals surface area contributed by atoms with Crippen LogP contribution in [-0.2, 0) is 9.16 Å². The van der Waals surface area contributed by atoms with E-state index < -0.39 is 8.32 Å². The Balaban J connectivity index is 2.14. The third-order valence-corrected chi connectivity index (χ3v) is 2.96. The fraction of sp³-hybridized carbons (Fsp3) is 0.385. The standard InChI is InChI=1S/C13H20O2Si/c1-16(2,3)15-12-11-14-10-9-13-7-5-4-6-8-13/h4-10H,11-12H2,1-3H3/b10-9-. The van der Waals surface area contributed by atoms with Crippen molar-refractivity contribution in [3.05, 3.63) is 42.2 Å². The highest BCUT2D eigenvalue weighted by molar-refractivity contribution is 6.69. The van der Waals surface area contributed by atoms with Crippen LogP contribution in [-0.4, -0.2) is 21.5 Å². The van der Waals surface area contributed by atoms with Crippen LogP contribution in [0.1, 0.15) is 5.56 Å². The summed E-state index contributed by atoms with van der Waals surface area (Å²) in [4.78, 5) is 0. The van der Waals surface area contributed by atoms with Crippen molar-refractivity contribution < 1.29 is 9.16 Å². The van der Waals surface area contributed by atoms with Crippen molar-refractivity contribution >= 4 is 14.4 Å². The molecule has 0 aliphatic rings. The van der Waals surface area contributed by atoms with Crippen molar-refractivity contribution in [3.8, 4) is 0 Å². The molecular weight excluding hydrogens is 216 g/mol. The minimum atomic E-state index is -1.39. The molecule has 1 aromatic rings. The fourth-order valence-corrected chi connectivity index (χ4v) is 1.85. The molecule has 0 N–H and O–H groups in total. The average molecular weight is 236 g/mol. The zero-order valence-electron chi connectivity index (χ0n) is 10.3. The van der Waals surface area contributed by atoms with Gasteiger partial charge in [-0.15, -0.1) is 0 Å². The second kappa shape index (κ2) is 6.50. The quantitative estimate of drug-likeness (QED) is 0.427. The maximum atomic E-state index is 5.66. The van der Waals surface area contributed by atoms with Gasteiger partial charge >= 0.3 is 0 Å². The van der Waals surface area contributed by atoms with Gasteiger partial charge in [-0.25, -0.2) is 0 Å². The van der Waals surface area contributed by atoms with Gasteiger partial charge in [0.2, 0.25) is 0 Å². The zero-order valence-corrected chi connectivity index (χ0v) is 11.3. The van der Waals surface area contributed by atoms with Gasteiger partial charge in [0.15, 0.2) is 8.32 Å². The van der Waals surface area contributed by atoms with Crippen LogP contribution in [0.15, 0.2) is 36.6 Å². The molecular formula is C13H20O2Si. The van der Waals surface area contributed by atoms with Crippen LogP contribution < -0.4 is 0 Å². The molecule has 1 rings (SSSR count). The Hall–Kier alpha value is -1.06. The van der Waals surface area contributed by atoms with Gasteiger partial charge in [0.1, 0.15) is 6.61 Å². The molecule has 0 saturated heterocycles. The molecule has 0 unspecified atom stereocenters. The molecule has 0 aromatic heterocycles. The van der Waals surface area contributed by atoms with Crippen LogP contribution in [0.5, 0.6) is 0 Å². The SMILES string of the molecule is C[Si](C)(C)OCCO/C=C\c1ccccc1. The van der Waals surface area contributed by atoms with E-state index in [9.17, 15) is 0 Å². The predicted octanol–water partition coefficient (Wildman–Crippen LogP) is 3.53. The molecule has 0 heterocycles. The van der Waals surface area contributed by atoms with Crippen LogP contribution in [0.25, 0.3) is 6.08 Å². The van der Waals surface area contributed by atoms with E-state index in [0.29, 0.717) is 13.2 Å². The first kappa shape index (κ1) is 13.0. The Kier molecular flexibility index (Phi) is 5.29. The van der Waals surface area contributed by atoms with E-state index in [2.05, 4.69) is 19.6 Å². The van der Waals surface area contributed by atoms with Gasteiger partial charge in [0, 0.05) is 0 Å². The molecule has 0 aliphatic heterocycles. The highest BCUT2D eigenvalue weighted by Crippen LogP contribution is 2.03. The Morgan fingerprint density at radius 2 is 1.75 bits per heavy atom. The fourth-order valence-electron chi connectivity index (χ4n) is 1.15. The molecule has 0 aliphatic carbocycles. The monoisotopic (exact) mass is 236 g/mol. The van der Waals surface area contributed by atoms with E-state index in [-0.39, 0.29) is 0 Å². The third-order valence-electron chi connectivity index (χ3n) is 1.89. The Bertz CT molecular complexity index is 314. The largest absolute Gasteiger partial charge is 0.499 e. The van der Waals surface area contributed by atoms with E-state index in [0.717, 1.165) is 5.56 Å². The van der Waals surface area contributed by atoms with Gasteiger partial charge in [-0.05, 0) is 31.3 Å². The number of benzene rings is 1. The molecule has 0 saturated carbocycles. The number of rotatable bonds is 6. The van der Waals surface area contributed by atoms with Crippen LogP contribution in [0.3, 0.4) is 0 Å². The number of hydrogen-bond donors (Lipinski definition) is 0. The molecule has 0 spiro atoms. The lowest BCUT2D eigenvalue weighted by molar-refractivity contribution is 0.177. The van der Waals surface area contributed by atoms with Crippen molar-refractivity contribution in [2.45, 2.75) is 19.6 Å². The summed E-state index contributed by atoms with van der Waals surface area (Å²) in [5, 5.41) is 0. The maximum Gasteiger partial charge on any atom is 0.183 e.